The molecule has 0 saturated heterocycles. The number of nitrogens with one attached hydrogen (secondary N) is 2. The number of hydrogen-bond donors (Lipinski definition) is 2. The van der Waals surface area contributed by atoms with Gasteiger partial charge in [-0.15, -0.1) is 0 Å². The standard InChI is InChI=1S/C16H15FN4O2/c17-11-7-8-15(21(22)23)14(10-11)18-9-3-6-16-19-12-4-1-2-5-13(12)20-16/h1-2,4-5,7-8,10,18H,3,6,9H2,(H,19,20). The van der Waals surface area contributed by atoms with Gasteiger partial charge in [0.15, 0.2) is 0 Å². The van der Waals surface area contributed by atoms with Crippen molar-refractivity contribution >= 4 is 22.4 Å². The number of imidazole rings is 1. The number of nitrogens with zero attached hydrogens (tertiary/aromatic N) is 2. The Labute approximate surface area is 131 Å². The predicted molar refractivity (Wildman–Crippen MR) is 86.0 cm³/mol. The van der Waals surface area contributed by atoms with Crippen LogP contribution < -0.4 is 5.32 Å². The van der Waals surface area contributed by atoms with E-state index in [2.05, 4.69) is 15.3 Å². The predicted octanol–water partition coefficient (Wildman–Crippen LogP) is 3.65. The molecule has 2 N–H and O–H groups in total. The van der Waals surface area contributed by atoms with Crippen LogP contribution in [0, 0.1) is 15.9 Å². The first-order valence-electron chi connectivity index (χ1n) is 7.25. The monoisotopic (exact) mass is 314 g/mol. The van der Waals surface area contributed by atoms with E-state index >= 15 is 0 Å². The summed E-state index contributed by atoms with van der Waals surface area (Å²) in [5, 5.41) is 13.8. The van der Waals surface area contributed by atoms with Crippen LogP contribution in [-0.4, -0.2) is 21.4 Å². The molecule has 0 aliphatic carbocycles. The third kappa shape index (κ3) is 3.45. The zero-order chi connectivity index (χ0) is 16.2. The molecule has 0 unspecified atom stereocenters. The molecule has 0 fully saturated rings. The molecule has 0 radical (unpaired) electrons. The van der Waals surface area contributed by atoms with Crippen LogP contribution in [-0.2, 0) is 6.42 Å². The summed E-state index contributed by atoms with van der Waals surface area (Å²) in [4.78, 5) is 18.1. The molecule has 0 aliphatic rings. The molecule has 0 saturated carbocycles. The fourth-order valence-electron chi connectivity index (χ4n) is 2.41. The Balaban J connectivity index is 1.59. The summed E-state index contributed by atoms with van der Waals surface area (Å²) in [5.74, 6) is 0.358. The molecule has 0 bridgehead atoms. The van der Waals surface area contributed by atoms with Gasteiger partial charge < -0.3 is 10.3 Å². The normalized spacial score (nSPS) is 10.8. The van der Waals surface area contributed by atoms with Crippen molar-refractivity contribution in [2.45, 2.75) is 12.8 Å². The maximum absolute atomic E-state index is 13.2. The second-order valence-corrected chi connectivity index (χ2v) is 5.15. The van der Waals surface area contributed by atoms with Crippen molar-refractivity contribution in [2.75, 3.05) is 11.9 Å². The minimum absolute atomic E-state index is 0.130. The number of H-pyrrole nitrogens is 1. The second kappa shape index (κ2) is 6.43. The summed E-state index contributed by atoms with van der Waals surface area (Å²) >= 11 is 0. The van der Waals surface area contributed by atoms with E-state index in [4.69, 9.17) is 0 Å². The minimum Gasteiger partial charge on any atom is -0.379 e. The Kier molecular flexibility index (Phi) is 4.18. The number of aromatic nitrogens is 2. The number of aromatic amines is 1. The van der Waals surface area contributed by atoms with Gasteiger partial charge in [-0.25, -0.2) is 9.37 Å². The van der Waals surface area contributed by atoms with Gasteiger partial charge in [-0.1, -0.05) is 12.1 Å². The highest BCUT2D eigenvalue weighted by Crippen LogP contribution is 2.24. The van der Waals surface area contributed by atoms with Gasteiger partial charge in [0.05, 0.1) is 16.0 Å². The molecular weight excluding hydrogens is 299 g/mol. The molecule has 1 heterocycles. The summed E-state index contributed by atoms with van der Waals surface area (Å²) in [6.45, 7) is 0.487. The van der Waals surface area contributed by atoms with Crippen LogP contribution in [0.5, 0.6) is 0 Å². The molecule has 23 heavy (non-hydrogen) atoms. The summed E-state index contributed by atoms with van der Waals surface area (Å²) in [6.07, 6.45) is 1.41. The van der Waals surface area contributed by atoms with Gasteiger partial charge in [0, 0.05) is 25.1 Å². The second-order valence-electron chi connectivity index (χ2n) is 5.15. The number of benzene rings is 2. The van der Waals surface area contributed by atoms with E-state index in [1.54, 1.807) is 0 Å². The van der Waals surface area contributed by atoms with E-state index < -0.39 is 10.7 Å². The van der Waals surface area contributed by atoms with Crippen LogP contribution in [0.25, 0.3) is 11.0 Å². The third-order valence-corrected chi connectivity index (χ3v) is 3.50. The average Bonchev–Trinajstić information content (AvgIpc) is 2.94. The topological polar surface area (TPSA) is 83.8 Å². The van der Waals surface area contributed by atoms with Crippen LogP contribution in [0.15, 0.2) is 42.5 Å². The number of halogens is 1. The smallest absolute Gasteiger partial charge is 0.292 e. The molecule has 0 spiro atoms. The van der Waals surface area contributed by atoms with Gasteiger partial charge in [0.25, 0.3) is 5.69 Å². The number of fused-ring (bicyclic) bond motifs is 1. The van der Waals surface area contributed by atoms with Gasteiger partial charge in [-0.2, -0.15) is 0 Å². The lowest BCUT2D eigenvalue weighted by molar-refractivity contribution is -0.384. The van der Waals surface area contributed by atoms with Gasteiger partial charge in [0.2, 0.25) is 0 Å². The number of nitro groups is 1. The van der Waals surface area contributed by atoms with E-state index in [0.717, 1.165) is 35.1 Å². The lowest BCUT2D eigenvalue weighted by Gasteiger charge is -2.06. The van der Waals surface area contributed by atoms with E-state index in [1.165, 1.54) is 0 Å². The molecule has 6 nitrogen and oxygen atoms in total. The largest absolute Gasteiger partial charge is 0.379 e. The molecule has 0 aliphatic heterocycles. The van der Waals surface area contributed by atoms with Crippen molar-refractivity contribution < 1.29 is 9.31 Å². The molecule has 2 aromatic carbocycles. The molecule has 3 aromatic rings. The minimum atomic E-state index is -0.527. The van der Waals surface area contributed by atoms with Gasteiger partial charge in [-0.05, 0) is 24.6 Å². The van der Waals surface area contributed by atoms with Gasteiger partial charge in [-0.3, -0.25) is 10.1 Å². The van der Waals surface area contributed by atoms with E-state index in [-0.39, 0.29) is 11.4 Å². The molecule has 0 amide bonds. The molecule has 118 valence electrons. The molecule has 3 rings (SSSR count). The molecule has 7 heteroatoms. The number of rotatable bonds is 6. The summed E-state index contributed by atoms with van der Waals surface area (Å²) in [6, 6.07) is 11.1. The highest BCUT2D eigenvalue weighted by molar-refractivity contribution is 5.74. The Morgan fingerprint density at radius 2 is 2.09 bits per heavy atom. The van der Waals surface area contributed by atoms with Crippen LogP contribution >= 0.6 is 0 Å². The highest BCUT2D eigenvalue weighted by Gasteiger charge is 2.13. The third-order valence-electron chi connectivity index (χ3n) is 3.50. The lowest BCUT2D eigenvalue weighted by Crippen LogP contribution is -2.06. The molecule has 0 atom stereocenters. The number of para-hydroxylation sites is 2. The fourth-order valence-corrected chi connectivity index (χ4v) is 2.41. The van der Waals surface area contributed by atoms with Crippen molar-refractivity contribution in [2.24, 2.45) is 0 Å². The fraction of sp³-hybridized carbons (Fsp3) is 0.188. The van der Waals surface area contributed by atoms with Crippen molar-refractivity contribution in [3.8, 4) is 0 Å². The van der Waals surface area contributed by atoms with Crippen molar-refractivity contribution in [3.63, 3.8) is 0 Å². The summed E-state index contributed by atoms with van der Waals surface area (Å²) in [5.41, 5.74) is 1.96. The van der Waals surface area contributed by atoms with E-state index in [1.807, 2.05) is 24.3 Å². The van der Waals surface area contributed by atoms with Gasteiger partial charge >= 0.3 is 0 Å². The quantitative estimate of drug-likeness (QED) is 0.413. The Bertz CT molecular complexity index is 814. The summed E-state index contributed by atoms with van der Waals surface area (Å²) in [7, 11) is 0. The number of nitro benzene ring substituents is 1. The van der Waals surface area contributed by atoms with E-state index in [9.17, 15) is 14.5 Å². The first kappa shape index (κ1) is 15.0. The number of anilines is 1. The van der Waals surface area contributed by atoms with Crippen LogP contribution in [0.3, 0.4) is 0 Å². The zero-order valence-corrected chi connectivity index (χ0v) is 12.3. The lowest BCUT2D eigenvalue weighted by atomic mass is 10.2. The maximum atomic E-state index is 13.2. The van der Waals surface area contributed by atoms with Crippen LogP contribution in [0.1, 0.15) is 12.2 Å². The SMILES string of the molecule is O=[N+]([O-])c1ccc(F)cc1NCCCc1nc2ccccc2[nH]1. The Morgan fingerprint density at radius 3 is 2.87 bits per heavy atom. The number of aryl methyl sites for hydroxylation is 1. The van der Waals surface area contributed by atoms with Crippen molar-refractivity contribution in [1.82, 2.24) is 9.97 Å². The van der Waals surface area contributed by atoms with Gasteiger partial charge in [0.1, 0.15) is 17.3 Å². The zero-order valence-electron chi connectivity index (χ0n) is 12.3. The maximum Gasteiger partial charge on any atom is 0.292 e. The Hall–Kier alpha value is -2.96. The first-order valence-corrected chi connectivity index (χ1v) is 7.25. The first-order chi connectivity index (χ1) is 11.1. The van der Waals surface area contributed by atoms with Crippen molar-refractivity contribution in [3.05, 3.63) is 64.2 Å². The Morgan fingerprint density at radius 1 is 1.26 bits per heavy atom. The number of hydrogen-bond acceptors (Lipinski definition) is 4. The summed E-state index contributed by atoms with van der Waals surface area (Å²) < 4.78 is 13.2. The average molecular weight is 314 g/mol. The highest BCUT2D eigenvalue weighted by atomic mass is 19.1. The molecular formula is C16H15FN4O2. The van der Waals surface area contributed by atoms with Crippen molar-refractivity contribution in [1.29, 1.82) is 0 Å². The van der Waals surface area contributed by atoms with Crippen LogP contribution in [0.2, 0.25) is 0 Å². The molecule has 1 aromatic heterocycles. The van der Waals surface area contributed by atoms with Crippen LogP contribution in [0.4, 0.5) is 15.8 Å². The van der Waals surface area contributed by atoms with E-state index in [0.29, 0.717) is 19.4 Å².